The second-order valence-corrected chi connectivity index (χ2v) is 4.52. The van der Waals surface area contributed by atoms with E-state index in [1.54, 1.807) is 0 Å². The SMILES string of the molecule is CCC(N[C@@H](C)c1ccncc1)C1CC1. The first kappa shape index (κ1) is 10.6. The standard InChI is InChI=1S/C13H20N2/c1-3-13(12-4-5-12)15-10(2)11-6-8-14-9-7-11/h6-10,12-13,15H,3-5H2,1-2H3/t10-,13?/m0/s1. The lowest BCUT2D eigenvalue weighted by Crippen LogP contribution is -2.32. The fourth-order valence-electron chi connectivity index (χ4n) is 2.16. The summed E-state index contributed by atoms with van der Waals surface area (Å²) in [5, 5.41) is 3.72. The largest absolute Gasteiger partial charge is 0.307 e. The summed E-state index contributed by atoms with van der Waals surface area (Å²) < 4.78 is 0. The monoisotopic (exact) mass is 204 g/mol. The summed E-state index contributed by atoms with van der Waals surface area (Å²) in [6.07, 6.45) is 7.79. The van der Waals surface area contributed by atoms with Gasteiger partial charge in [0.15, 0.2) is 0 Å². The predicted molar refractivity (Wildman–Crippen MR) is 62.6 cm³/mol. The fourth-order valence-corrected chi connectivity index (χ4v) is 2.16. The minimum atomic E-state index is 0.443. The molecule has 1 saturated carbocycles. The lowest BCUT2D eigenvalue weighted by atomic mass is 10.1. The molecule has 1 aliphatic carbocycles. The number of rotatable bonds is 5. The van der Waals surface area contributed by atoms with Crippen LogP contribution in [-0.4, -0.2) is 11.0 Å². The normalized spacial score (nSPS) is 19.9. The van der Waals surface area contributed by atoms with Crippen molar-refractivity contribution in [2.24, 2.45) is 5.92 Å². The Morgan fingerprint density at radius 3 is 2.60 bits per heavy atom. The Morgan fingerprint density at radius 1 is 1.40 bits per heavy atom. The van der Waals surface area contributed by atoms with Gasteiger partial charge in [0.2, 0.25) is 0 Å². The minimum Gasteiger partial charge on any atom is -0.307 e. The highest BCUT2D eigenvalue weighted by Crippen LogP contribution is 2.34. The van der Waals surface area contributed by atoms with Crippen molar-refractivity contribution in [2.75, 3.05) is 0 Å². The van der Waals surface area contributed by atoms with E-state index < -0.39 is 0 Å². The molecule has 0 aliphatic heterocycles. The lowest BCUT2D eigenvalue weighted by molar-refractivity contribution is 0.405. The molecular formula is C13H20N2. The Kier molecular flexibility index (Phi) is 3.37. The number of hydrogen-bond acceptors (Lipinski definition) is 2. The summed E-state index contributed by atoms with van der Waals surface area (Å²) >= 11 is 0. The molecule has 0 amide bonds. The van der Waals surface area contributed by atoms with E-state index in [2.05, 4.69) is 36.3 Å². The molecule has 82 valence electrons. The van der Waals surface area contributed by atoms with Crippen LogP contribution < -0.4 is 5.32 Å². The van der Waals surface area contributed by atoms with E-state index in [1.165, 1.54) is 24.8 Å². The van der Waals surface area contributed by atoms with Gasteiger partial charge in [0.1, 0.15) is 0 Å². The highest BCUT2D eigenvalue weighted by atomic mass is 15.0. The maximum absolute atomic E-state index is 4.05. The Labute approximate surface area is 92.1 Å². The number of hydrogen-bond donors (Lipinski definition) is 1. The molecule has 2 heteroatoms. The van der Waals surface area contributed by atoms with Crippen LogP contribution in [-0.2, 0) is 0 Å². The van der Waals surface area contributed by atoms with Crippen LogP contribution in [0.3, 0.4) is 0 Å². The molecule has 0 radical (unpaired) electrons. The second kappa shape index (κ2) is 4.75. The van der Waals surface area contributed by atoms with Crippen LogP contribution in [0.15, 0.2) is 24.5 Å². The average Bonchev–Trinajstić information content (AvgIpc) is 3.10. The molecule has 0 spiro atoms. The van der Waals surface area contributed by atoms with E-state index in [0.29, 0.717) is 12.1 Å². The highest BCUT2D eigenvalue weighted by molar-refractivity contribution is 5.14. The average molecular weight is 204 g/mol. The van der Waals surface area contributed by atoms with Crippen LogP contribution in [0.5, 0.6) is 0 Å². The number of nitrogens with zero attached hydrogens (tertiary/aromatic N) is 1. The van der Waals surface area contributed by atoms with Crippen LogP contribution >= 0.6 is 0 Å². The molecule has 0 bridgehead atoms. The number of aromatic nitrogens is 1. The van der Waals surface area contributed by atoms with Crippen molar-refractivity contribution in [2.45, 2.75) is 45.2 Å². The zero-order chi connectivity index (χ0) is 10.7. The van der Waals surface area contributed by atoms with Crippen molar-refractivity contribution >= 4 is 0 Å². The molecule has 2 nitrogen and oxygen atoms in total. The topological polar surface area (TPSA) is 24.9 Å². The molecule has 15 heavy (non-hydrogen) atoms. The first-order valence-corrected chi connectivity index (χ1v) is 5.97. The van der Waals surface area contributed by atoms with E-state index in [4.69, 9.17) is 0 Å². The van der Waals surface area contributed by atoms with Gasteiger partial charge in [-0.2, -0.15) is 0 Å². The van der Waals surface area contributed by atoms with Gasteiger partial charge in [0, 0.05) is 24.5 Å². The van der Waals surface area contributed by atoms with E-state index in [9.17, 15) is 0 Å². The Bertz CT molecular complexity index is 293. The molecule has 1 aromatic heterocycles. The summed E-state index contributed by atoms with van der Waals surface area (Å²) in [6.45, 7) is 4.51. The fraction of sp³-hybridized carbons (Fsp3) is 0.615. The van der Waals surface area contributed by atoms with Gasteiger partial charge in [0.25, 0.3) is 0 Å². The molecule has 1 heterocycles. The molecule has 1 N–H and O–H groups in total. The molecule has 0 aromatic carbocycles. The van der Waals surface area contributed by atoms with Gasteiger partial charge in [-0.3, -0.25) is 4.98 Å². The van der Waals surface area contributed by atoms with Crippen molar-refractivity contribution in [1.29, 1.82) is 0 Å². The van der Waals surface area contributed by atoms with E-state index in [1.807, 2.05) is 12.4 Å². The zero-order valence-corrected chi connectivity index (χ0v) is 9.61. The third-order valence-electron chi connectivity index (χ3n) is 3.30. The maximum Gasteiger partial charge on any atom is 0.0295 e. The van der Waals surface area contributed by atoms with Crippen LogP contribution in [0.2, 0.25) is 0 Å². The number of pyridine rings is 1. The molecule has 2 rings (SSSR count). The van der Waals surface area contributed by atoms with E-state index >= 15 is 0 Å². The van der Waals surface area contributed by atoms with Gasteiger partial charge in [-0.1, -0.05) is 6.92 Å². The summed E-state index contributed by atoms with van der Waals surface area (Å²) in [5.74, 6) is 0.930. The Morgan fingerprint density at radius 2 is 2.07 bits per heavy atom. The van der Waals surface area contributed by atoms with Gasteiger partial charge >= 0.3 is 0 Å². The van der Waals surface area contributed by atoms with Crippen molar-refractivity contribution in [1.82, 2.24) is 10.3 Å². The van der Waals surface area contributed by atoms with Crippen molar-refractivity contribution < 1.29 is 0 Å². The molecule has 0 saturated heterocycles. The van der Waals surface area contributed by atoms with Gasteiger partial charge in [-0.15, -0.1) is 0 Å². The molecule has 1 aromatic rings. The molecule has 2 atom stereocenters. The van der Waals surface area contributed by atoms with Crippen molar-refractivity contribution in [3.8, 4) is 0 Å². The Hall–Kier alpha value is -0.890. The molecular weight excluding hydrogens is 184 g/mol. The van der Waals surface area contributed by atoms with Crippen LogP contribution in [0, 0.1) is 5.92 Å². The quantitative estimate of drug-likeness (QED) is 0.797. The van der Waals surface area contributed by atoms with Gasteiger partial charge in [-0.25, -0.2) is 0 Å². The highest BCUT2D eigenvalue weighted by Gasteiger charge is 2.30. The zero-order valence-electron chi connectivity index (χ0n) is 9.61. The van der Waals surface area contributed by atoms with Crippen molar-refractivity contribution in [3.63, 3.8) is 0 Å². The van der Waals surface area contributed by atoms with Crippen LogP contribution in [0.25, 0.3) is 0 Å². The molecule has 1 unspecified atom stereocenters. The smallest absolute Gasteiger partial charge is 0.0295 e. The summed E-state index contributed by atoms with van der Waals surface area (Å²) in [6, 6.07) is 5.33. The Balaban J connectivity index is 1.93. The van der Waals surface area contributed by atoms with E-state index in [0.717, 1.165) is 5.92 Å². The first-order chi connectivity index (χ1) is 7.31. The lowest BCUT2D eigenvalue weighted by Gasteiger charge is -2.22. The molecule has 1 fully saturated rings. The van der Waals surface area contributed by atoms with Gasteiger partial charge < -0.3 is 5.32 Å². The third kappa shape index (κ3) is 2.78. The summed E-state index contributed by atoms with van der Waals surface area (Å²) in [5.41, 5.74) is 1.34. The number of nitrogens with one attached hydrogen (secondary N) is 1. The maximum atomic E-state index is 4.05. The van der Waals surface area contributed by atoms with Gasteiger partial charge in [0.05, 0.1) is 0 Å². The van der Waals surface area contributed by atoms with Crippen LogP contribution in [0.1, 0.15) is 44.7 Å². The van der Waals surface area contributed by atoms with E-state index in [-0.39, 0.29) is 0 Å². The summed E-state index contributed by atoms with van der Waals surface area (Å²) in [7, 11) is 0. The minimum absolute atomic E-state index is 0.443. The first-order valence-electron chi connectivity index (χ1n) is 5.97. The third-order valence-corrected chi connectivity index (χ3v) is 3.30. The second-order valence-electron chi connectivity index (χ2n) is 4.52. The summed E-state index contributed by atoms with van der Waals surface area (Å²) in [4.78, 5) is 4.05. The molecule has 1 aliphatic rings. The van der Waals surface area contributed by atoms with Crippen LogP contribution in [0.4, 0.5) is 0 Å². The van der Waals surface area contributed by atoms with Crippen molar-refractivity contribution in [3.05, 3.63) is 30.1 Å². The van der Waals surface area contributed by atoms with Gasteiger partial charge in [-0.05, 0) is 49.8 Å². The predicted octanol–water partition coefficient (Wildman–Crippen LogP) is 2.92.